The number of halogens is 1. The summed E-state index contributed by atoms with van der Waals surface area (Å²) in [5.41, 5.74) is 0.708. The van der Waals surface area contributed by atoms with Crippen LogP contribution in [0.3, 0.4) is 0 Å². The number of esters is 1. The first kappa shape index (κ1) is 28.4. The van der Waals surface area contributed by atoms with E-state index in [0.717, 1.165) is 31.9 Å². The minimum Gasteiger partial charge on any atom is -0.461 e. The van der Waals surface area contributed by atoms with Crippen molar-refractivity contribution in [3.05, 3.63) is 28.9 Å². The molecule has 2 amide bonds. The number of nitrogens with one attached hydrogen (secondary N) is 2. The third kappa shape index (κ3) is 7.89. The van der Waals surface area contributed by atoms with Crippen molar-refractivity contribution in [1.29, 1.82) is 0 Å². The average Bonchev–Trinajstić information content (AvgIpc) is 3.39. The molecule has 0 unspecified atom stereocenters. The van der Waals surface area contributed by atoms with Crippen LogP contribution in [0.1, 0.15) is 52.1 Å². The number of hydrogen-bond acceptors (Lipinski definition) is 8. The fourth-order valence-corrected chi connectivity index (χ4v) is 5.95. The summed E-state index contributed by atoms with van der Waals surface area (Å²) >= 11 is 7.24. The van der Waals surface area contributed by atoms with Gasteiger partial charge in [0.2, 0.25) is 0 Å². The van der Waals surface area contributed by atoms with E-state index in [4.69, 9.17) is 21.1 Å². The number of aryl methyl sites for hydroxylation is 1. The topological polar surface area (TPSA) is 124 Å². The molecule has 1 aromatic heterocycles. The molecule has 0 bridgehead atoms. The van der Waals surface area contributed by atoms with Gasteiger partial charge in [-0.05, 0) is 71.1 Å². The maximum atomic E-state index is 12.8. The second-order valence-electron chi connectivity index (χ2n) is 9.77. The molecule has 1 atom stereocenters. The monoisotopic (exact) mass is 557 g/mol. The van der Waals surface area contributed by atoms with Gasteiger partial charge in [0.25, 0.3) is 0 Å². The SMILES string of the molecule is Cc1nc(NC(=O)N[C@@H](COC(C)(C)C)C(=O)OC2CCCC2)sc1-c1ccc(Cl)c(S(C)(=O)=O)c1. The van der Waals surface area contributed by atoms with Gasteiger partial charge >= 0.3 is 12.0 Å². The van der Waals surface area contributed by atoms with E-state index in [9.17, 15) is 18.0 Å². The number of urea groups is 1. The first-order chi connectivity index (χ1) is 16.7. The van der Waals surface area contributed by atoms with Gasteiger partial charge in [-0.1, -0.05) is 29.0 Å². The number of ether oxygens (including phenoxy) is 2. The highest BCUT2D eigenvalue weighted by atomic mass is 35.5. The molecule has 198 valence electrons. The van der Waals surface area contributed by atoms with Gasteiger partial charge in [0.1, 0.15) is 6.10 Å². The van der Waals surface area contributed by atoms with Crippen LogP contribution < -0.4 is 10.6 Å². The Morgan fingerprint density at radius 1 is 1.25 bits per heavy atom. The van der Waals surface area contributed by atoms with Crippen LogP contribution >= 0.6 is 22.9 Å². The van der Waals surface area contributed by atoms with Gasteiger partial charge in [0, 0.05) is 6.26 Å². The largest absolute Gasteiger partial charge is 0.461 e. The zero-order valence-electron chi connectivity index (χ0n) is 21.0. The van der Waals surface area contributed by atoms with Crippen LogP contribution in [0.2, 0.25) is 5.02 Å². The number of aromatic nitrogens is 1. The van der Waals surface area contributed by atoms with Gasteiger partial charge in [-0.2, -0.15) is 0 Å². The Hall–Kier alpha value is -2.21. The molecule has 12 heteroatoms. The van der Waals surface area contributed by atoms with E-state index in [1.54, 1.807) is 13.0 Å². The summed E-state index contributed by atoms with van der Waals surface area (Å²) in [6.45, 7) is 7.29. The molecule has 0 radical (unpaired) electrons. The van der Waals surface area contributed by atoms with Crippen molar-refractivity contribution >= 4 is 49.9 Å². The Morgan fingerprint density at radius 3 is 2.53 bits per heavy atom. The molecule has 1 aliphatic carbocycles. The highest BCUT2D eigenvalue weighted by molar-refractivity contribution is 7.90. The van der Waals surface area contributed by atoms with Crippen LogP contribution in [0.25, 0.3) is 10.4 Å². The molecule has 2 N–H and O–H groups in total. The van der Waals surface area contributed by atoms with Crippen molar-refractivity contribution in [3.8, 4) is 10.4 Å². The van der Waals surface area contributed by atoms with Crippen molar-refractivity contribution in [3.63, 3.8) is 0 Å². The van der Waals surface area contributed by atoms with Gasteiger partial charge in [-0.15, -0.1) is 0 Å². The van der Waals surface area contributed by atoms with E-state index < -0.39 is 33.5 Å². The first-order valence-corrected chi connectivity index (χ1v) is 14.7. The predicted molar refractivity (Wildman–Crippen MR) is 140 cm³/mol. The minimum absolute atomic E-state index is 0.0178. The van der Waals surface area contributed by atoms with Gasteiger partial charge in [0.05, 0.1) is 32.7 Å². The highest BCUT2D eigenvalue weighted by Gasteiger charge is 2.29. The van der Waals surface area contributed by atoms with Crippen molar-refractivity contribution in [2.24, 2.45) is 0 Å². The Bertz CT molecular complexity index is 1220. The van der Waals surface area contributed by atoms with Crippen molar-refractivity contribution in [1.82, 2.24) is 10.3 Å². The standard InChI is InChI=1S/C24H32ClN3O6S2/c1-14-20(15-10-11-17(25)19(12-15)36(5,31)32)35-23(26-14)28-22(30)27-18(13-33-24(2,3)4)21(29)34-16-8-6-7-9-16/h10-12,16,18H,6-9,13H2,1-5H3,(H2,26,27,28,30)/t18-/m0/s1. The summed E-state index contributed by atoms with van der Waals surface area (Å²) in [4.78, 5) is 30.6. The average molecular weight is 558 g/mol. The molecule has 2 aromatic rings. The number of benzene rings is 1. The Kier molecular flexibility index (Phi) is 9.02. The number of carbonyl (C=O) groups excluding carboxylic acids is 2. The van der Waals surface area contributed by atoms with E-state index in [1.807, 2.05) is 20.8 Å². The van der Waals surface area contributed by atoms with Crippen molar-refractivity contribution in [2.45, 2.75) is 76.0 Å². The second kappa shape index (κ2) is 11.5. The van der Waals surface area contributed by atoms with Crippen LogP contribution in [-0.2, 0) is 24.1 Å². The van der Waals surface area contributed by atoms with Crippen LogP contribution in [0.4, 0.5) is 9.93 Å². The fourth-order valence-electron chi connectivity index (χ4n) is 3.69. The Morgan fingerprint density at radius 2 is 1.92 bits per heavy atom. The number of hydrogen-bond donors (Lipinski definition) is 2. The summed E-state index contributed by atoms with van der Waals surface area (Å²) < 4.78 is 35.4. The molecule has 0 saturated heterocycles. The minimum atomic E-state index is -3.52. The predicted octanol–water partition coefficient (Wildman–Crippen LogP) is 4.97. The molecular weight excluding hydrogens is 526 g/mol. The quantitative estimate of drug-likeness (QED) is 0.439. The zero-order chi connectivity index (χ0) is 26.7. The Balaban J connectivity index is 1.73. The number of sulfone groups is 1. The highest BCUT2D eigenvalue weighted by Crippen LogP contribution is 2.35. The van der Waals surface area contributed by atoms with Crippen molar-refractivity contribution in [2.75, 3.05) is 18.2 Å². The number of carbonyl (C=O) groups is 2. The lowest BCUT2D eigenvalue weighted by molar-refractivity contribution is -0.154. The number of anilines is 1. The summed E-state index contributed by atoms with van der Waals surface area (Å²) in [6, 6.07) is 3.08. The molecule has 0 spiro atoms. The zero-order valence-corrected chi connectivity index (χ0v) is 23.4. The van der Waals surface area contributed by atoms with Gasteiger partial charge in [-0.25, -0.2) is 23.0 Å². The number of amides is 2. The van der Waals surface area contributed by atoms with E-state index >= 15 is 0 Å². The number of thiazole rings is 1. The Labute approximate surface area is 220 Å². The van der Waals surface area contributed by atoms with E-state index in [1.165, 1.54) is 23.5 Å². The third-order valence-electron chi connectivity index (χ3n) is 5.47. The lowest BCUT2D eigenvalue weighted by Gasteiger charge is -2.25. The first-order valence-electron chi connectivity index (χ1n) is 11.6. The van der Waals surface area contributed by atoms with Crippen LogP contribution in [0.15, 0.2) is 23.1 Å². The van der Waals surface area contributed by atoms with Crippen LogP contribution in [0, 0.1) is 6.92 Å². The molecule has 36 heavy (non-hydrogen) atoms. The maximum absolute atomic E-state index is 12.8. The fraction of sp³-hybridized carbons (Fsp3) is 0.542. The molecule has 1 fully saturated rings. The summed E-state index contributed by atoms with van der Waals surface area (Å²) in [5, 5.41) is 5.71. The van der Waals surface area contributed by atoms with Crippen molar-refractivity contribution < 1.29 is 27.5 Å². The third-order valence-corrected chi connectivity index (χ3v) is 8.17. The molecule has 1 aliphatic rings. The van der Waals surface area contributed by atoms with E-state index in [-0.39, 0.29) is 27.8 Å². The molecule has 3 rings (SSSR count). The normalized spacial score (nSPS) is 15.5. The van der Waals surface area contributed by atoms with Gasteiger partial charge in [0.15, 0.2) is 21.0 Å². The van der Waals surface area contributed by atoms with E-state index in [2.05, 4.69) is 15.6 Å². The molecule has 1 saturated carbocycles. The molecular formula is C24H32ClN3O6S2. The lowest BCUT2D eigenvalue weighted by atomic mass is 10.2. The summed E-state index contributed by atoms with van der Waals surface area (Å²) in [5.74, 6) is -0.535. The summed E-state index contributed by atoms with van der Waals surface area (Å²) in [6.07, 6.45) is 4.61. The number of rotatable bonds is 8. The molecule has 1 aromatic carbocycles. The molecule has 9 nitrogen and oxygen atoms in total. The molecule has 1 heterocycles. The second-order valence-corrected chi connectivity index (χ2v) is 13.2. The van der Waals surface area contributed by atoms with Gasteiger partial charge in [-0.3, -0.25) is 5.32 Å². The van der Waals surface area contributed by atoms with Crippen LogP contribution in [0.5, 0.6) is 0 Å². The summed E-state index contributed by atoms with van der Waals surface area (Å²) in [7, 11) is -3.52. The van der Waals surface area contributed by atoms with E-state index in [0.29, 0.717) is 16.1 Å². The number of nitrogens with zero attached hydrogens (tertiary/aromatic N) is 1. The van der Waals surface area contributed by atoms with Crippen LogP contribution in [-0.4, -0.2) is 56.0 Å². The molecule has 0 aliphatic heterocycles. The smallest absolute Gasteiger partial charge is 0.331 e. The lowest BCUT2D eigenvalue weighted by Crippen LogP contribution is -2.48. The maximum Gasteiger partial charge on any atom is 0.331 e. The van der Waals surface area contributed by atoms with Gasteiger partial charge < -0.3 is 14.8 Å².